The Morgan fingerprint density at radius 2 is 1.77 bits per heavy atom. The molecule has 2 N–H and O–H groups in total. The molecule has 2 aromatic rings. The molecule has 9 nitrogen and oxygen atoms in total. The molecule has 1 aliphatic heterocycles. The fraction of sp³-hybridized carbons (Fsp3) is 0.333. The summed E-state index contributed by atoms with van der Waals surface area (Å²) in [4.78, 5) is 24.0. The molecule has 0 radical (unpaired) electrons. The molecule has 0 saturated carbocycles. The molecule has 0 fully saturated rings. The Morgan fingerprint density at radius 3 is 2.40 bits per heavy atom. The summed E-state index contributed by atoms with van der Waals surface area (Å²) in [6.45, 7) is 6.32. The first-order chi connectivity index (χ1) is 16.7. The van der Waals surface area contributed by atoms with Crippen molar-refractivity contribution in [1.29, 1.82) is 0 Å². The van der Waals surface area contributed by atoms with Crippen LogP contribution in [-0.2, 0) is 25.3 Å². The summed E-state index contributed by atoms with van der Waals surface area (Å²) in [5.74, 6) is -0.484. The second-order valence-electron chi connectivity index (χ2n) is 7.84. The largest absolute Gasteiger partial charge is 0.477 e. The molecule has 0 aliphatic carbocycles. The number of sulfonamides is 1. The number of carboxylic acids is 1. The Balaban J connectivity index is 1.88. The highest BCUT2D eigenvalue weighted by Crippen LogP contribution is 2.34. The number of hydrazone groups is 1. The van der Waals surface area contributed by atoms with E-state index in [-0.39, 0.29) is 11.5 Å². The van der Waals surface area contributed by atoms with Crippen molar-refractivity contribution >= 4 is 43.3 Å². The van der Waals surface area contributed by atoms with E-state index in [2.05, 4.69) is 5.10 Å². The molecule has 3 rings (SSSR count). The van der Waals surface area contributed by atoms with Gasteiger partial charge in [0, 0.05) is 17.9 Å². The van der Waals surface area contributed by atoms with Crippen molar-refractivity contribution in [3.05, 3.63) is 54.1 Å². The van der Waals surface area contributed by atoms with Crippen molar-refractivity contribution in [2.75, 3.05) is 13.2 Å². The van der Waals surface area contributed by atoms with E-state index >= 15 is 0 Å². The van der Waals surface area contributed by atoms with Crippen LogP contribution in [0.25, 0.3) is 11.1 Å². The first-order valence-corrected chi connectivity index (χ1v) is 14.0. The van der Waals surface area contributed by atoms with Gasteiger partial charge in [-0.3, -0.25) is 0 Å². The third-order valence-electron chi connectivity index (χ3n) is 5.09. The lowest BCUT2D eigenvalue weighted by Gasteiger charge is -2.20. The molecule has 35 heavy (non-hydrogen) atoms. The molecule has 188 valence electrons. The van der Waals surface area contributed by atoms with E-state index < -0.39 is 32.8 Å². The number of benzene rings is 2. The molecule has 1 heterocycles. The minimum atomic E-state index is -4.15. The highest BCUT2D eigenvalue weighted by atomic mass is 32.2. The van der Waals surface area contributed by atoms with Gasteiger partial charge in [0.25, 0.3) is 10.0 Å². The number of rotatable bonds is 10. The summed E-state index contributed by atoms with van der Waals surface area (Å²) in [6.07, 6.45) is 0.400. The number of nitrogens with zero attached hydrogens (tertiary/aromatic N) is 2. The van der Waals surface area contributed by atoms with Crippen molar-refractivity contribution in [1.82, 2.24) is 9.14 Å². The maximum absolute atomic E-state index is 12.8. The van der Waals surface area contributed by atoms with E-state index in [1.54, 1.807) is 37.3 Å². The molecule has 1 atom stereocenters. The van der Waals surface area contributed by atoms with E-state index in [0.29, 0.717) is 40.4 Å². The van der Waals surface area contributed by atoms with Crippen LogP contribution < -0.4 is 4.72 Å². The molecule has 0 aromatic heterocycles. The Morgan fingerprint density at radius 1 is 1.09 bits per heavy atom. The summed E-state index contributed by atoms with van der Waals surface area (Å²) >= 11 is 0. The number of aliphatic carboxylic acids is 1. The van der Waals surface area contributed by atoms with E-state index in [0.717, 1.165) is 12.0 Å². The maximum Gasteiger partial charge on any atom is 0.421 e. The summed E-state index contributed by atoms with van der Waals surface area (Å²) in [5.41, 5.74) is 2.51. The minimum absolute atomic E-state index is 0.0430. The van der Waals surface area contributed by atoms with Crippen LogP contribution in [0.5, 0.6) is 0 Å². The number of hydrogen-bond donors (Lipinski definition) is 2. The summed E-state index contributed by atoms with van der Waals surface area (Å²) in [7, 11) is -4.85. The number of carbonyl (C=O) groups excluding carboxylic acids is 1. The van der Waals surface area contributed by atoms with Gasteiger partial charge < -0.3 is 9.84 Å². The molecule has 0 spiro atoms. The summed E-state index contributed by atoms with van der Waals surface area (Å²) in [5, 5.41) is 14.1. The van der Waals surface area contributed by atoms with Crippen molar-refractivity contribution in [3.8, 4) is 11.1 Å². The molecule has 11 heteroatoms. The van der Waals surface area contributed by atoms with E-state index in [1.165, 1.54) is 6.07 Å². The van der Waals surface area contributed by atoms with Crippen LogP contribution in [0.3, 0.4) is 0 Å². The third kappa shape index (κ3) is 6.29. The van der Waals surface area contributed by atoms with Gasteiger partial charge >= 0.3 is 12.1 Å². The standard InChI is InChI=1S/C24H29N3O6S2/c1-4-14-27-25-17(3)22(23(28)29)34(27)16-18-10-12-19(13-11-18)20-8-6-7-9-21(20)35(31,32)26-24(30)33-15-5-2/h6-13H,4-5,14-16H2,1-3H3,(H,26,30)(H,28,29). The second kappa shape index (κ2) is 11.5. The van der Waals surface area contributed by atoms with Crippen LogP contribution in [0.2, 0.25) is 0 Å². The zero-order valence-corrected chi connectivity index (χ0v) is 21.5. The minimum Gasteiger partial charge on any atom is -0.477 e. The lowest BCUT2D eigenvalue weighted by atomic mass is 10.0. The van der Waals surface area contributed by atoms with Gasteiger partial charge in [-0.2, -0.15) is 5.10 Å². The molecular weight excluding hydrogens is 490 g/mol. The molecule has 0 bridgehead atoms. The van der Waals surface area contributed by atoms with Gasteiger partial charge in [-0.05, 0) is 37.0 Å². The SMILES string of the molecule is CCCOC(=O)NS(=O)(=O)c1ccccc1-c1ccc(CS2=C(C(=O)O)C(C)=NN2CCC)cc1. The number of carboxylic acid groups (broad SMARTS) is 1. The molecule has 1 amide bonds. The topological polar surface area (TPSA) is 125 Å². The zero-order valence-electron chi connectivity index (χ0n) is 19.9. The fourth-order valence-electron chi connectivity index (χ4n) is 3.56. The monoisotopic (exact) mass is 519 g/mol. The van der Waals surface area contributed by atoms with Gasteiger partial charge in [0.05, 0.1) is 17.2 Å². The summed E-state index contributed by atoms with van der Waals surface area (Å²) < 4.78 is 34.3. The van der Waals surface area contributed by atoms with Gasteiger partial charge in [0.1, 0.15) is 4.86 Å². The van der Waals surface area contributed by atoms with Gasteiger partial charge in [-0.15, -0.1) is 0 Å². The first kappa shape index (κ1) is 26.4. The average molecular weight is 520 g/mol. The Bertz CT molecular complexity index is 1270. The predicted molar refractivity (Wildman–Crippen MR) is 138 cm³/mol. The highest BCUT2D eigenvalue weighted by molar-refractivity contribution is 8.15. The van der Waals surface area contributed by atoms with Gasteiger partial charge in [-0.25, -0.2) is 27.1 Å². The van der Waals surface area contributed by atoms with Crippen LogP contribution in [-0.4, -0.2) is 53.7 Å². The van der Waals surface area contributed by atoms with Crippen molar-refractivity contribution in [3.63, 3.8) is 0 Å². The Kier molecular flexibility index (Phi) is 8.68. The number of amides is 1. The Hall–Kier alpha value is -3.18. The quantitative estimate of drug-likeness (QED) is 0.450. The highest BCUT2D eigenvalue weighted by Gasteiger charge is 2.27. The first-order valence-electron chi connectivity index (χ1n) is 11.2. The molecular formula is C24H29N3O6S2. The number of hydrogen-bond acceptors (Lipinski definition) is 7. The number of nitrogens with one attached hydrogen (secondary N) is 1. The third-order valence-corrected chi connectivity index (χ3v) is 8.78. The smallest absolute Gasteiger partial charge is 0.421 e. The van der Waals surface area contributed by atoms with E-state index in [4.69, 9.17) is 4.74 Å². The maximum atomic E-state index is 12.8. The van der Waals surface area contributed by atoms with Crippen LogP contribution in [0.4, 0.5) is 4.79 Å². The normalized spacial score (nSPS) is 15.6. The van der Waals surface area contributed by atoms with Crippen LogP contribution >= 0.6 is 10.7 Å². The van der Waals surface area contributed by atoms with Crippen LogP contribution in [0, 0.1) is 0 Å². The van der Waals surface area contributed by atoms with E-state index in [1.807, 2.05) is 35.1 Å². The number of carbonyl (C=O) groups is 2. The zero-order chi connectivity index (χ0) is 25.6. The van der Waals surface area contributed by atoms with Gasteiger partial charge in [0.15, 0.2) is 0 Å². The van der Waals surface area contributed by atoms with Crippen LogP contribution in [0.15, 0.2) is 58.5 Å². The van der Waals surface area contributed by atoms with Crippen LogP contribution in [0.1, 0.15) is 39.2 Å². The lowest BCUT2D eigenvalue weighted by molar-refractivity contribution is -0.128. The van der Waals surface area contributed by atoms with E-state index in [9.17, 15) is 23.1 Å². The fourth-order valence-corrected chi connectivity index (χ4v) is 6.90. The average Bonchev–Trinajstić information content (AvgIpc) is 3.12. The van der Waals surface area contributed by atoms with Crippen molar-refractivity contribution < 1.29 is 27.9 Å². The lowest BCUT2D eigenvalue weighted by Crippen LogP contribution is -2.31. The van der Waals surface area contributed by atoms with Crippen molar-refractivity contribution in [2.45, 2.75) is 44.3 Å². The molecule has 2 aromatic carbocycles. The van der Waals surface area contributed by atoms with Gasteiger partial charge in [-0.1, -0.05) is 67.0 Å². The van der Waals surface area contributed by atoms with Gasteiger partial charge in [0.2, 0.25) is 0 Å². The second-order valence-corrected chi connectivity index (χ2v) is 11.3. The predicted octanol–water partition coefficient (Wildman–Crippen LogP) is 4.22. The molecule has 1 unspecified atom stereocenters. The molecule has 0 saturated heterocycles. The molecule has 1 aliphatic rings. The number of ether oxygens (including phenoxy) is 1. The summed E-state index contributed by atoms with van der Waals surface area (Å²) in [6, 6.07) is 13.7. The Labute approximate surface area is 207 Å². The van der Waals surface area contributed by atoms with Crippen molar-refractivity contribution in [2.24, 2.45) is 5.10 Å².